The van der Waals surface area contributed by atoms with E-state index in [4.69, 9.17) is 22.1 Å². The summed E-state index contributed by atoms with van der Waals surface area (Å²) in [4.78, 5) is 22.2. The van der Waals surface area contributed by atoms with Crippen LogP contribution in [0.3, 0.4) is 0 Å². The van der Waals surface area contributed by atoms with Crippen molar-refractivity contribution >= 4 is 23.6 Å². The van der Waals surface area contributed by atoms with Gasteiger partial charge in [0.2, 0.25) is 5.95 Å². The fourth-order valence-corrected chi connectivity index (χ4v) is 3.36. The van der Waals surface area contributed by atoms with E-state index in [1.165, 1.54) is 0 Å². The number of rotatable bonds is 0. The van der Waals surface area contributed by atoms with Crippen LogP contribution in [0.2, 0.25) is 5.15 Å². The molecule has 25 heavy (non-hydrogen) atoms. The van der Waals surface area contributed by atoms with Gasteiger partial charge in [-0.2, -0.15) is 4.98 Å². The Balaban J connectivity index is 1.68. The number of amides is 1. The summed E-state index contributed by atoms with van der Waals surface area (Å²) in [7, 11) is 0. The lowest BCUT2D eigenvalue weighted by Crippen LogP contribution is -2.49. The lowest BCUT2D eigenvalue weighted by molar-refractivity contribution is 0.00273. The molecule has 1 saturated heterocycles. The monoisotopic (exact) mass is 362 g/mol. The Labute approximate surface area is 153 Å². The van der Waals surface area contributed by atoms with Crippen molar-refractivity contribution in [3.05, 3.63) is 16.9 Å². The topological polar surface area (TPSA) is 81.3 Å². The molecule has 2 heterocycles. The third-order valence-corrected chi connectivity index (χ3v) is 4.80. The number of nitrogen functional groups attached to an aromatic ring is 1. The van der Waals surface area contributed by atoms with Crippen LogP contribution in [0, 0.1) is 17.8 Å². The zero-order valence-electron chi connectivity index (χ0n) is 14.8. The molecule has 7 heteroatoms. The summed E-state index contributed by atoms with van der Waals surface area (Å²) in [5.41, 5.74) is 5.51. The number of piperidine rings is 1. The summed E-state index contributed by atoms with van der Waals surface area (Å²) in [6.45, 7) is 6.34. The van der Waals surface area contributed by atoms with Gasteiger partial charge in [-0.1, -0.05) is 23.4 Å². The first-order valence-corrected chi connectivity index (χ1v) is 8.86. The number of nitrogens with zero attached hydrogens (tertiary/aromatic N) is 3. The first-order valence-electron chi connectivity index (χ1n) is 8.49. The Morgan fingerprint density at radius 3 is 2.80 bits per heavy atom. The van der Waals surface area contributed by atoms with Gasteiger partial charge in [-0.05, 0) is 46.5 Å². The highest BCUT2D eigenvalue weighted by Gasteiger charge is 2.54. The third-order valence-electron chi connectivity index (χ3n) is 4.51. The smallest absolute Gasteiger partial charge is 0.410 e. The maximum absolute atomic E-state index is 12.5. The van der Waals surface area contributed by atoms with E-state index < -0.39 is 5.60 Å². The SMILES string of the molecule is CC(C)(C)OC(=O)N1CCC(C#Cc2cnc(N)nc2Cl)CC12CC2. The molecule has 1 amide bonds. The van der Waals surface area contributed by atoms with Gasteiger partial charge in [0.1, 0.15) is 10.8 Å². The Kier molecular flexibility index (Phi) is 4.54. The molecule has 0 aromatic carbocycles. The van der Waals surface area contributed by atoms with Crippen LogP contribution < -0.4 is 5.73 Å². The summed E-state index contributed by atoms with van der Waals surface area (Å²) in [5.74, 6) is 6.68. The second kappa shape index (κ2) is 6.38. The minimum Gasteiger partial charge on any atom is -0.444 e. The summed E-state index contributed by atoms with van der Waals surface area (Å²) in [5, 5.41) is 0.271. The molecule has 1 aliphatic heterocycles. The predicted molar refractivity (Wildman–Crippen MR) is 96.0 cm³/mol. The van der Waals surface area contributed by atoms with Crippen LogP contribution >= 0.6 is 11.6 Å². The van der Waals surface area contributed by atoms with E-state index in [0.29, 0.717) is 12.1 Å². The zero-order valence-corrected chi connectivity index (χ0v) is 15.6. The molecule has 1 atom stereocenters. The largest absolute Gasteiger partial charge is 0.444 e. The van der Waals surface area contributed by atoms with Crippen LogP contribution in [0.5, 0.6) is 0 Å². The van der Waals surface area contributed by atoms with Crippen molar-refractivity contribution in [2.45, 2.75) is 57.6 Å². The van der Waals surface area contributed by atoms with Gasteiger partial charge in [-0.3, -0.25) is 0 Å². The Morgan fingerprint density at radius 2 is 2.20 bits per heavy atom. The van der Waals surface area contributed by atoms with Gasteiger partial charge in [0.05, 0.1) is 5.56 Å². The minimum absolute atomic E-state index is 0.0820. The van der Waals surface area contributed by atoms with Gasteiger partial charge in [-0.15, -0.1) is 0 Å². The van der Waals surface area contributed by atoms with Crippen molar-refractivity contribution < 1.29 is 9.53 Å². The van der Waals surface area contributed by atoms with E-state index >= 15 is 0 Å². The average molecular weight is 363 g/mol. The normalized spacial score (nSPS) is 21.4. The number of carbonyl (C=O) groups is 1. The number of anilines is 1. The molecular weight excluding hydrogens is 340 g/mol. The highest BCUT2D eigenvalue weighted by molar-refractivity contribution is 6.30. The Bertz CT molecular complexity index is 744. The van der Waals surface area contributed by atoms with Crippen molar-refractivity contribution in [2.24, 2.45) is 5.92 Å². The molecule has 2 aliphatic rings. The lowest BCUT2D eigenvalue weighted by atomic mass is 9.89. The van der Waals surface area contributed by atoms with E-state index in [1.54, 1.807) is 6.20 Å². The molecule has 3 rings (SSSR count). The van der Waals surface area contributed by atoms with Crippen molar-refractivity contribution in [1.82, 2.24) is 14.9 Å². The molecule has 1 aromatic rings. The van der Waals surface area contributed by atoms with Gasteiger partial charge in [-0.25, -0.2) is 9.78 Å². The van der Waals surface area contributed by atoms with E-state index in [-0.39, 0.29) is 28.7 Å². The number of nitrogens with two attached hydrogens (primary N) is 1. The minimum atomic E-state index is -0.476. The first-order chi connectivity index (χ1) is 11.7. The molecule has 2 fully saturated rings. The van der Waals surface area contributed by atoms with Crippen LogP contribution in [0.15, 0.2) is 6.20 Å². The second-order valence-corrected chi connectivity index (χ2v) is 8.11. The maximum atomic E-state index is 12.5. The van der Waals surface area contributed by atoms with E-state index in [1.807, 2.05) is 25.7 Å². The maximum Gasteiger partial charge on any atom is 0.410 e. The zero-order chi connectivity index (χ0) is 18.2. The van der Waals surface area contributed by atoms with Crippen LogP contribution in [0.4, 0.5) is 10.7 Å². The number of halogens is 1. The number of aromatic nitrogens is 2. The molecule has 0 bridgehead atoms. The summed E-state index contributed by atoms with van der Waals surface area (Å²) < 4.78 is 5.55. The van der Waals surface area contributed by atoms with E-state index in [2.05, 4.69) is 21.8 Å². The molecule has 1 saturated carbocycles. The van der Waals surface area contributed by atoms with E-state index in [9.17, 15) is 4.79 Å². The Morgan fingerprint density at radius 1 is 1.48 bits per heavy atom. The van der Waals surface area contributed by atoms with Crippen molar-refractivity contribution in [3.8, 4) is 11.8 Å². The van der Waals surface area contributed by atoms with Crippen LogP contribution in [0.1, 0.15) is 52.0 Å². The van der Waals surface area contributed by atoms with Crippen LogP contribution in [0.25, 0.3) is 0 Å². The highest BCUT2D eigenvalue weighted by atomic mass is 35.5. The van der Waals surface area contributed by atoms with Gasteiger partial charge in [0.15, 0.2) is 0 Å². The molecule has 2 N–H and O–H groups in total. The third kappa shape index (κ3) is 4.16. The number of hydrogen-bond acceptors (Lipinski definition) is 5. The van der Waals surface area contributed by atoms with Crippen molar-refractivity contribution in [2.75, 3.05) is 12.3 Å². The van der Waals surface area contributed by atoms with Crippen LogP contribution in [-0.4, -0.2) is 38.6 Å². The first kappa shape index (κ1) is 17.8. The molecule has 0 radical (unpaired) electrons. The van der Waals surface area contributed by atoms with Gasteiger partial charge in [0.25, 0.3) is 0 Å². The summed E-state index contributed by atoms with van der Waals surface area (Å²) in [6, 6.07) is 0. The highest BCUT2D eigenvalue weighted by Crippen LogP contribution is 2.50. The fourth-order valence-electron chi connectivity index (χ4n) is 3.17. The average Bonchev–Trinajstić information content (AvgIpc) is 3.24. The number of likely N-dealkylation sites (tertiary alicyclic amines) is 1. The summed E-state index contributed by atoms with van der Waals surface area (Å²) >= 11 is 6.04. The van der Waals surface area contributed by atoms with Crippen molar-refractivity contribution in [3.63, 3.8) is 0 Å². The van der Waals surface area contributed by atoms with E-state index in [0.717, 1.165) is 25.7 Å². The molecule has 6 nitrogen and oxygen atoms in total. The standard InChI is InChI=1S/C18H23ClN4O2/c1-17(2,3)25-16(24)23-9-6-12(10-18(23)7-8-18)4-5-13-11-21-15(20)22-14(13)19/h11-12H,6-10H2,1-3H3,(H2,20,21,22). The van der Waals surface area contributed by atoms with Crippen LogP contribution in [-0.2, 0) is 4.74 Å². The fraction of sp³-hybridized carbons (Fsp3) is 0.611. The number of hydrogen-bond donors (Lipinski definition) is 1. The molecule has 1 aromatic heterocycles. The molecule has 1 spiro atoms. The van der Waals surface area contributed by atoms with Crippen molar-refractivity contribution in [1.29, 1.82) is 0 Å². The molecule has 1 aliphatic carbocycles. The predicted octanol–water partition coefficient (Wildman–Crippen LogP) is 3.24. The second-order valence-electron chi connectivity index (χ2n) is 7.75. The molecular formula is C18H23ClN4O2. The Hall–Kier alpha value is -2.00. The quantitative estimate of drug-likeness (QED) is 0.566. The van der Waals surface area contributed by atoms with Gasteiger partial charge in [0, 0.05) is 24.2 Å². The molecule has 1 unspecified atom stereocenters. The summed E-state index contributed by atoms with van der Waals surface area (Å²) in [6.07, 6.45) is 5.03. The van der Waals surface area contributed by atoms with Gasteiger partial charge < -0.3 is 15.4 Å². The lowest BCUT2D eigenvalue weighted by Gasteiger charge is -2.39. The molecule has 134 valence electrons. The number of carbonyl (C=O) groups excluding carboxylic acids is 1. The van der Waals surface area contributed by atoms with Gasteiger partial charge >= 0.3 is 6.09 Å². The number of ether oxygens (including phenoxy) is 1.